The minimum absolute atomic E-state index is 0.334. The standard InChI is InChI=1S/C11H13BF2O4/c13-8-5-7(1-2-10-17-3-4-18-10)6-9(14)11(8)12(15)16/h5-6,10,15-16H,1-4H2. The fourth-order valence-electron chi connectivity index (χ4n) is 1.89. The molecular weight excluding hydrogens is 245 g/mol. The Labute approximate surface area is 103 Å². The van der Waals surface area contributed by atoms with Gasteiger partial charge in [0.15, 0.2) is 6.29 Å². The fourth-order valence-corrected chi connectivity index (χ4v) is 1.89. The molecule has 0 atom stereocenters. The van der Waals surface area contributed by atoms with E-state index in [1.807, 2.05) is 0 Å². The van der Waals surface area contributed by atoms with Gasteiger partial charge in [-0.05, 0) is 24.1 Å². The Morgan fingerprint density at radius 3 is 2.22 bits per heavy atom. The summed E-state index contributed by atoms with van der Waals surface area (Å²) in [6.07, 6.45) is 0.555. The first kappa shape index (κ1) is 13.4. The van der Waals surface area contributed by atoms with Crippen molar-refractivity contribution in [1.82, 2.24) is 0 Å². The lowest BCUT2D eigenvalue weighted by atomic mass is 9.78. The monoisotopic (exact) mass is 258 g/mol. The summed E-state index contributed by atoms with van der Waals surface area (Å²) in [6.45, 7) is 1.06. The third-order valence-electron chi connectivity index (χ3n) is 2.76. The van der Waals surface area contributed by atoms with Crippen molar-refractivity contribution < 1.29 is 28.3 Å². The number of benzene rings is 1. The molecule has 1 saturated heterocycles. The summed E-state index contributed by atoms with van der Waals surface area (Å²) in [5, 5.41) is 17.6. The molecule has 4 nitrogen and oxygen atoms in total. The van der Waals surface area contributed by atoms with Crippen LogP contribution in [-0.4, -0.2) is 36.7 Å². The number of hydrogen-bond acceptors (Lipinski definition) is 4. The molecule has 1 aliphatic rings. The van der Waals surface area contributed by atoms with Gasteiger partial charge in [0.25, 0.3) is 0 Å². The van der Waals surface area contributed by atoms with Crippen molar-refractivity contribution in [3.05, 3.63) is 29.3 Å². The summed E-state index contributed by atoms with van der Waals surface area (Å²) in [4.78, 5) is 0. The Balaban J connectivity index is 2.05. The molecular formula is C11H13BF2O4. The van der Waals surface area contributed by atoms with Crippen LogP contribution in [0.4, 0.5) is 8.78 Å². The summed E-state index contributed by atoms with van der Waals surface area (Å²) in [6, 6.07) is 2.18. The molecule has 1 fully saturated rings. The maximum atomic E-state index is 13.4. The average molecular weight is 258 g/mol. The fraction of sp³-hybridized carbons (Fsp3) is 0.455. The van der Waals surface area contributed by atoms with Gasteiger partial charge in [-0.25, -0.2) is 8.78 Å². The molecule has 1 aromatic carbocycles. The van der Waals surface area contributed by atoms with Gasteiger partial charge in [0.1, 0.15) is 11.6 Å². The summed E-state index contributed by atoms with van der Waals surface area (Å²) in [7, 11) is -2.15. The van der Waals surface area contributed by atoms with Crippen LogP contribution < -0.4 is 5.46 Å². The first-order valence-corrected chi connectivity index (χ1v) is 5.65. The lowest BCUT2D eigenvalue weighted by Gasteiger charge is -2.10. The van der Waals surface area contributed by atoms with Gasteiger partial charge in [-0.3, -0.25) is 0 Å². The third kappa shape index (κ3) is 3.05. The van der Waals surface area contributed by atoms with Gasteiger partial charge in [-0.2, -0.15) is 0 Å². The topological polar surface area (TPSA) is 58.9 Å². The van der Waals surface area contributed by atoms with Crippen LogP contribution in [0.1, 0.15) is 12.0 Å². The minimum Gasteiger partial charge on any atom is -0.423 e. The second-order valence-corrected chi connectivity index (χ2v) is 4.06. The van der Waals surface area contributed by atoms with E-state index < -0.39 is 24.2 Å². The van der Waals surface area contributed by atoms with Crippen molar-refractivity contribution in [1.29, 1.82) is 0 Å². The Morgan fingerprint density at radius 1 is 1.17 bits per heavy atom. The van der Waals surface area contributed by atoms with Crippen molar-refractivity contribution in [2.75, 3.05) is 13.2 Å². The van der Waals surface area contributed by atoms with E-state index in [0.29, 0.717) is 31.6 Å². The van der Waals surface area contributed by atoms with Crippen LogP contribution in [0, 0.1) is 11.6 Å². The van der Waals surface area contributed by atoms with Gasteiger partial charge in [0, 0.05) is 6.42 Å². The Morgan fingerprint density at radius 2 is 1.72 bits per heavy atom. The molecule has 0 amide bonds. The number of rotatable bonds is 4. The van der Waals surface area contributed by atoms with Gasteiger partial charge in [-0.1, -0.05) is 0 Å². The zero-order valence-electron chi connectivity index (χ0n) is 9.60. The van der Waals surface area contributed by atoms with Gasteiger partial charge in [0.05, 0.1) is 18.7 Å². The second-order valence-electron chi connectivity index (χ2n) is 4.06. The van der Waals surface area contributed by atoms with Gasteiger partial charge < -0.3 is 19.5 Å². The van der Waals surface area contributed by atoms with Crippen molar-refractivity contribution in [2.45, 2.75) is 19.1 Å². The molecule has 1 heterocycles. The van der Waals surface area contributed by atoms with E-state index >= 15 is 0 Å². The predicted octanol–water partition coefficient (Wildman–Crippen LogP) is -0.0499. The third-order valence-corrected chi connectivity index (χ3v) is 2.76. The largest absolute Gasteiger partial charge is 0.494 e. The van der Waals surface area contributed by atoms with Crippen molar-refractivity contribution in [3.8, 4) is 0 Å². The molecule has 7 heteroatoms. The zero-order valence-corrected chi connectivity index (χ0v) is 9.60. The average Bonchev–Trinajstić information content (AvgIpc) is 2.77. The van der Waals surface area contributed by atoms with E-state index in [-0.39, 0.29) is 6.29 Å². The van der Waals surface area contributed by atoms with Crippen molar-refractivity contribution >= 4 is 12.6 Å². The lowest BCUT2D eigenvalue weighted by Crippen LogP contribution is -2.35. The van der Waals surface area contributed by atoms with Crippen LogP contribution in [0.2, 0.25) is 0 Å². The number of ether oxygens (including phenoxy) is 2. The van der Waals surface area contributed by atoms with Gasteiger partial charge >= 0.3 is 7.12 Å². The summed E-state index contributed by atoms with van der Waals surface area (Å²) in [5.74, 6) is -1.93. The van der Waals surface area contributed by atoms with E-state index in [1.54, 1.807) is 0 Å². The highest BCUT2D eigenvalue weighted by Gasteiger charge is 2.23. The highest BCUT2D eigenvalue weighted by Crippen LogP contribution is 2.14. The molecule has 98 valence electrons. The van der Waals surface area contributed by atoms with E-state index in [2.05, 4.69) is 0 Å². The number of hydrogen-bond donors (Lipinski definition) is 2. The van der Waals surface area contributed by atoms with Crippen LogP contribution in [-0.2, 0) is 15.9 Å². The second kappa shape index (κ2) is 5.75. The SMILES string of the molecule is OB(O)c1c(F)cc(CCC2OCCO2)cc1F. The molecule has 0 spiro atoms. The van der Waals surface area contributed by atoms with Crippen LogP contribution in [0.15, 0.2) is 12.1 Å². The van der Waals surface area contributed by atoms with Gasteiger partial charge in [0.2, 0.25) is 0 Å². The van der Waals surface area contributed by atoms with Crippen molar-refractivity contribution in [2.24, 2.45) is 0 Å². The molecule has 2 N–H and O–H groups in total. The molecule has 1 aliphatic heterocycles. The lowest BCUT2D eigenvalue weighted by molar-refractivity contribution is -0.0462. The number of halogens is 2. The first-order valence-electron chi connectivity index (χ1n) is 5.65. The minimum atomic E-state index is -2.15. The molecule has 1 aromatic rings. The zero-order chi connectivity index (χ0) is 13.1. The summed E-state index contributed by atoms with van der Waals surface area (Å²) in [5.41, 5.74) is -0.305. The Hall–Kier alpha value is -1.02. The predicted molar refractivity (Wildman–Crippen MR) is 60.2 cm³/mol. The van der Waals surface area contributed by atoms with Crippen LogP contribution in [0.3, 0.4) is 0 Å². The summed E-state index contributed by atoms with van der Waals surface area (Å²) >= 11 is 0. The van der Waals surface area contributed by atoms with Gasteiger partial charge in [-0.15, -0.1) is 0 Å². The first-order chi connectivity index (χ1) is 8.58. The smallest absolute Gasteiger partial charge is 0.423 e. The quantitative estimate of drug-likeness (QED) is 0.743. The molecule has 0 unspecified atom stereocenters. The van der Waals surface area contributed by atoms with E-state index in [9.17, 15) is 8.78 Å². The van der Waals surface area contributed by atoms with Crippen molar-refractivity contribution in [3.63, 3.8) is 0 Å². The van der Waals surface area contributed by atoms with E-state index in [0.717, 1.165) is 12.1 Å². The highest BCUT2D eigenvalue weighted by atomic mass is 19.1. The molecule has 0 aromatic heterocycles. The number of aryl methyl sites for hydroxylation is 1. The Kier molecular flexibility index (Phi) is 4.29. The Bertz CT molecular complexity index is 398. The maximum Gasteiger partial charge on any atom is 0.494 e. The van der Waals surface area contributed by atoms with Crippen LogP contribution >= 0.6 is 0 Å². The summed E-state index contributed by atoms with van der Waals surface area (Å²) < 4.78 is 37.3. The molecule has 0 aliphatic carbocycles. The molecule has 0 radical (unpaired) electrons. The van der Waals surface area contributed by atoms with Crippen LogP contribution in [0.25, 0.3) is 0 Å². The maximum absolute atomic E-state index is 13.4. The normalized spacial score (nSPS) is 16.2. The molecule has 0 saturated carbocycles. The van der Waals surface area contributed by atoms with Crippen LogP contribution in [0.5, 0.6) is 0 Å². The molecule has 18 heavy (non-hydrogen) atoms. The molecule has 0 bridgehead atoms. The molecule has 2 rings (SSSR count). The van der Waals surface area contributed by atoms with E-state index in [1.165, 1.54) is 0 Å². The highest BCUT2D eigenvalue weighted by molar-refractivity contribution is 6.58. The van der Waals surface area contributed by atoms with E-state index in [4.69, 9.17) is 19.5 Å².